The Bertz CT molecular complexity index is 990. The quantitative estimate of drug-likeness (QED) is 0.645. The van der Waals surface area contributed by atoms with Gasteiger partial charge in [0.2, 0.25) is 5.91 Å². The summed E-state index contributed by atoms with van der Waals surface area (Å²) in [6.07, 6.45) is 1.30. The average Bonchev–Trinajstić information content (AvgIpc) is 3.14. The molecule has 4 rings (SSSR count). The highest BCUT2D eigenvalue weighted by molar-refractivity contribution is 5.99. The van der Waals surface area contributed by atoms with Gasteiger partial charge in [0.05, 0.1) is 6.04 Å². The van der Waals surface area contributed by atoms with E-state index in [1.54, 1.807) is 18.2 Å². The van der Waals surface area contributed by atoms with Crippen LogP contribution in [0.5, 0.6) is 0 Å². The predicted octanol–water partition coefficient (Wildman–Crippen LogP) is 2.32. The van der Waals surface area contributed by atoms with E-state index in [2.05, 4.69) is 5.32 Å². The minimum Gasteiger partial charge on any atom is -0.399 e. The maximum Gasteiger partial charge on any atom is 0.252 e. The van der Waals surface area contributed by atoms with E-state index in [1.807, 2.05) is 0 Å². The summed E-state index contributed by atoms with van der Waals surface area (Å²) in [4.78, 5) is 27.8. The first-order chi connectivity index (χ1) is 14.9. The number of hydrogen-bond acceptors (Lipinski definition) is 5. The molecule has 1 fully saturated rings. The number of rotatable bonds is 4. The van der Waals surface area contributed by atoms with E-state index in [0.717, 1.165) is 17.7 Å². The lowest BCUT2D eigenvalue weighted by Crippen LogP contribution is -2.50. The molecule has 2 amide bonds. The average molecular weight is 430 g/mol. The number of nitrogens with one attached hydrogen (secondary N) is 1. The molecule has 0 spiro atoms. The smallest absolute Gasteiger partial charge is 0.252 e. The number of fused-ring (bicyclic) bond motifs is 1. The molecule has 2 aliphatic rings. The second kappa shape index (κ2) is 8.60. The molecule has 7 nitrogen and oxygen atoms in total. The van der Waals surface area contributed by atoms with Crippen molar-refractivity contribution in [3.05, 3.63) is 59.2 Å². The third-order valence-corrected chi connectivity index (χ3v) is 5.92. The molecular formula is C22H24F2N4O3. The maximum atomic E-state index is 14.1. The molecule has 2 unspecified atom stereocenters. The van der Waals surface area contributed by atoms with Gasteiger partial charge in [0, 0.05) is 25.4 Å². The minimum absolute atomic E-state index is 0.0669. The van der Waals surface area contributed by atoms with E-state index in [4.69, 9.17) is 16.2 Å². The number of nitrogens with two attached hydrogens (primary N) is 2. The molecule has 5 N–H and O–H groups in total. The van der Waals surface area contributed by atoms with Crippen molar-refractivity contribution in [1.29, 1.82) is 0 Å². The summed E-state index contributed by atoms with van der Waals surface area (Å²) in [5.74, 6) is -3.01. The number of benzene rings is 2. The van der Waals surface area contributed by atoms with Crippen LogP contribution in [-0.2, 0) is 20.9 Å². The number of anilines is 2. The van der Waals surface area contributed by atoms with Crippen molar-refractivity contribution >= 4 is 23.2 Å². The van der Waals surface area contributed by atoms with E-state index in [0.29, 0.717) is 37.3 Å². The van der Waals surface area contributed by atoms with Crippen LogP contribution in [0.2, 0.25) is 0 Å². The number of nitrogens with zero attached hydrogens (tertiary/aromatic N) is 1. The number of nitrogen functional groups attached to an aromatic ring is 1. The number of amides is 2. The molecule has 2 atom stereocenters. The normalized spacial score (nSPS) is 19.7. The van der Waals surface area contributed by atoms with Crippen LogP contribution >= 0.6 is 0 Å². The van der Waals surface area contributed by atoms with E-state index < -0.39 is 41.2 Å². The Kier molecular flexibility index (Phi) is 5.88. The number of halogens is 2. The van der Waals surface area contributed by atoms with Gasteiger partial charge in [-0.1, -0.05) is 12.1 Å². The topological polar surface area (TPSA) is 111 Å². The lowest BCUT2D eigenvalue weighted by atomic mass is 9.91. The standard InChI is InChI=1S/C22H24F2N4O3/c23-16-2-1-3-17(24)19(16)27-21(29)20-15-10-14(25)5-4-13(15)11-28(20)22(30)18(26)12-6-8-31-9-7-12/h1-5,10,12,18,20H,6-9,11,25-26H2,(H,27,29). The molecule has 2 aromatic rings. The van der Waals surface area contributed by atoms with Crippen LogP contribution in [-0.4, -0.2) is 36.0 Å². The second-order valence-corrected chi connectivity index (χ2v) is 7.89. The summed E-state index contributed by atoms with van der Waals surface area (Å²) in [6, 6.07) is 6.40. The Morgan fingerprint density at radius 1 is 1.13 bits per heavy atom. The Hall–Kier alpha value is -3.04. The summed E-state index contributed by atoms with van der Waals surface area (Å²) in [7, 11) is 0. The molecule has 164 valence electrons. The molecule has 31 heavy (non-hydrogen) atoms. The SMILES string of the molecule is Nc1ccc2c(c1)C(C(=O)Nc1c(F)cccc1F)N(C(=O)C(N)C1CCOCC1)C2. The van der Waals surface area contributed by atoms with Gasteiger partial charge in [0.15, 0.2) is 0 Å². The molecule has 2 heterocycles. The fraction of sp³-hybridized carbons (Fsp3) is 0.364. The lowest BCUT2D eigenvalue weighted by Gasteiger charge is -2.32. The number of carbonyl (C=O) groups is 2. The Morgan fingerprint density at radius 3 is 2.48 bits per heavy atom. The summed E-state index contributed by atoms with van der Waals surface area (Å²) >= 11 is 0. The summed E-state index contributed by atoms with van der Waals surface area (Å²) in [5.41, 5.74) is 13.3. The first kappa shape index (κ1) is 21.2. The molecule has 0 aromatic heterocycles. The van der Waals surface area contributed by atoms with Crippen LogP contribution < -0.4 is 16.8 Å². The van der Waals surface area contributed by atoms with Gasteiger partial charge in [-0.15, -0.1) is 0 Å². The molecule has 2 aliphatic heterocycles. The summed E-state index contributed by atoms with van der Waals surface area (Å²) < 4.78 is 33.5. The fourth-order valence-electron chi connectivity index (χ4n) is 4.22. The number of carbonyl (C=O) groups excluding carboxylic acids is 2. The van der Waals surface area contributed by atoms with Gasteiger partial charge < -0.3 is 26.4 Å². The monoisotopic (exact) mass is 430 g/mol. The predicted molar refractivity (Wildman–Crippen MR) is 111 cm³/mol. The summed E-state index contributed by atoms with van der Waals surface area (Å²) in [5, 5.41) is 2.30. The van der Waals surface area contributed by atoms with Crippen molar-refractivity contribution in [2.24, 2.45) is 11.7 Å². The van der Waals surface area contributed by atoms with Crippen LogP contribution in [0, 0.1) is 17.6 Å². The fourth-order valence-corrected chi connectivity index (χ4v) is 4.22. The van der Waals surface area contributed by atoms with E-state index >= 15 is 0 Å². The molecule has 1 saturated heterocycles. The van der Waals surface area contributed by atoms with Crippen LogP contribution in [0.4, 0.5) is 20.2 Å². The zero-order chi connectivity index (χ0) is 22.1. The number of hydrogen-bond donors (Lipinski definition) is 3. The Balaban J connectivity index is 1.65. The maximum absolute atomic E-state index is 14.1. The highest BCUT2D eigenvalue weighted by Crippen LogP contribution is 2.37. The van der Waals surface area contributed by atoms with Crippen molar-refractivity contribution in [2.45, 2.75) is 31.5 Å². The highest BCUT2D eigenvalue weighted by Gasteiger charge is 2.42. The van der Waals surface area contributed by atoms with Gasteiger partial charge >= 0.3 is 0 Å². The van der Waals surface area contributed by atoms with Crippen molar-refractivity contribution in [1.82, 2.24) is 4.90 Å². The largest absolute Gasteiger partial charge is 0.399 e. The van der Waals surface area contributed by atoms with Crippen LogP contribution in [0.15, 0.2) is 36.4 Å². The van der Waals surface area contributed by atoms with Crippen LogP contribution in [0.25, 0.3) is 0 Å². The van der Waals surface area contributed by atoms with Gasteiger partial charge in [0.25, 0.3) is 5.91 Å². The molecule has 0 saturated carbocycles. The zero-order valence-electron chi connectivity index (χ0n) is 16.8. The third-order valence-electron chi connectivity index (χ3n) is 5.92. The molecule has 2 aromatic carbocycles. The second-order valence-electron chi connectivity index (χ2n) is 7.89. The highest BCUT2D eigenvalue weighted by atomic mass is 19.1. The molecule has 9 heteroatoms. The number of para-hydroxylation sites is 1. The van der Waals surface area contributed by atoms with Gasteiger partial charge in [-0.2, -0.15) is 0 Å². The zero-order valence-corrected chi connectivity index (χ0v) is 16.8. The summed E-state index contributed by atoms with van der Waals surface area (Å²) in [6.45, 7) is 1.21. The van der Waals surface area contributed by atoms with Gasteiger partial charge in [0.1, 0.15) is 23.4 Å². The van der Waals surface area contributed by atoms with E-state index in [-0.39, 0.29) is 12.5 Å². The Morgan fingerprint density at radius 2 is 1.81 bits per heavy atom. The van der Waals surface area contributed by atoms with Crippen molar-refractivity contribution < 1.29 is 23.1 Å². The van der Waals surface area contributed by atoms with E-state index in [9.17, 15) is 18.4 Å². The van der Waals surface area contributed by atoms with Crippen molar-refractivity contribution in [3.8, 4) is 0 Å². The molecule has 0 radical (unpaired) electrons. The van der Waals surface area contributed by atoms with Gasteiger partial charge in [-0.3, -0.25) is 9.59 Å². The third kappa shape index (κ3) is 4.11. The lowest BCUT2D eigenvalue weighted by molar-refractivity contribution is -0.141. The number of ether oxygens (including phenoxy) is 1. The first-order valence-electron chi connectivity index (χ1n) is 10.1. The van der Waals surface area contributed by atoms with Crippen molar-refractivity contribution in [2.75, 3.05) is 24.3 Å². The molecular weight excluding hydrogens is 406 g/mol. The first-order valence-corrected chi connectivity index (χ1v) is 10.1. The van der Waals surface area contributed by atoms with Crippen LogP contribution in [0.3, 0.4) is 0 Å². The molecule has 0 aliphatic carbocycles. The molecule has 0 bridgehead atoms. The van der Waals surface area contributed by atoms with Gasteiger partial charge in [-0.05, 0) is 54.2 Å². The van der Waals surface area contributed by atoms with E-state index in [1.165, 1.54) is 11.0 Å². The van der Waals surface area contributed by atoms with Gasteiger partial charge in [-0.25, -0.2) is 8.78 Å². The minimum atomic E-state index is -1.10. The Labute approximate surface area is 178 Å². The van der Waals surface area contributed by atoms with Crippen molar-refractivity contribution in [3.63, 3.8) is 0 Å². The van der Waals surface area contributed by atoms with Crippen LogP contribution in [0.1, 0.15) is 30.0 Å².